The Kier molecular flexibility index (Phi) is 5.94. The monoisotopic (exact) mass is 492 g/mol. The lowest BCUT2D eigenvalue weighted by Gasteiger charge is -2.30. The number of aromatic nitrogens is 4. The fourth-order valence-electron chi connectivity index (χ4n) is 6.77. The molecule has 6 rings (SSSR count). The van der Waals surface area contributed by atoms with Crippen molar-refractivity contribution in [1.29, 1.82) is 0 Å². The lowest BCUT2D eigenvalue weighted by atomic mass is 9.75. The van der Waals surface area contributed by atoms with Crippen LogP contribution < -0.4 is 11.2 Å². The fourth-order valence-corrected chi connectivity index (χ4v) is 7.77. The maximum Gasteiger partial charge on any atom is 0.332 e. The van der Waals surface area contributed by atoms with Gasteiger partial charge in [0.25, 0.3) is 5.56 Å². The second kappa shape index (κ2) is 8.66. The molecule has 2 heterocycles. The normalized spacial score (nSPS) is 27.6. The quantitative estimate of drug-likeness (QED) is 0.524. The van der Waals surface area contributed by atoms with Crippen LogP contribution in [0.1, 0.15) is 57.7 Å². The molecular weight excluding hydrogens is 460 g/mol. The molecule has 4 aliphatic rings. The number of sulfone groups is 1. The second-order valence-electron chi connectivity index (χ2n) is 10.2. The van der Waals surface area contributed by atoms with Gasteiger partial charge in [0.1, 0.15) is 17.9 Å². The maximum atomic E-state index is 13.2. The van der Waals surface area contributed by atoms with E-state index in [0.29, 0.717) is 18.3 Å². The molecule has 0 aliphatic heterocycles. The summed E-state index contributed by atoms with van der Waals surface area (Å²) in [6.45, 7) is 3.01. The highest BCUT2D eigenvalue weighted by molar-refractivity contribution is 7.91. The number of hydrogen-bond acceptors (Lipinski definition) is 7. The minimum absolute atomic E-state index is 0.117. The highest BCUT2D eigenvalue weighted by atomic mass is 32.2. The number of nitrogens with zero attached hydrogens (tertiary/aromatic N) is 3. The minimum Gasteiger partial charge on any atom is -0.465 e. The van der Waals surface area contributed by atoms with Gasteiger partial charge in [-0.25, -0.2) is 18.2 Å². The van der Waals surface area contributed by atoms with Gasteiger partial charge in [0.15, 0.2) is 15.5 Å². The Labute approximate surface area is 197 Å². The van der Waals surface area contributed by atoms with Crippen molar-refractivity contribution in [2.24, 2.45) is 23.7 Å². The average Bonchev–Trinajstić information content (AvgIpc) is 3.39. The topological polar surface area (TPSA) is 133 Å². The van der Waals surface area contributed by atoms with Crippen LogP contribution in [0, 0.1) is 23.7 Å². The lowest BCUT2D eigenvalue weighted by Crippen LogP contribution is -2.41. The van der Waals surface area contributed by atoms with Crippen molar-refractivity contribution in [2.45, 2.75) is 65.0 Å². The zero-order valence-corrected chi connectivity index (χ0v) is 20.5. The molecule has 11 heteroatoms. The predicted molar refractivity (Wildman–Crippen MR) is 125 cm³/mol. The minimum atomic E-state index is -3.58. The third-order valence-electron chi connectivity index (χ3n) is 8.03. The SMILES string of the molecule is CCCn1c(=O)c2[nH]c(C3C4CC5CC(C4)C3C5)nc2n(CCS(=O)(=O)CCOC(C)=O)c1=O. The highest BCUT2D eigenvalue weighted by Crippen LogP contribution is 2.63. The summed E-state index contributed by atoms with van der Waals surface area (Å²) in [6.07, 6.45) is 5.49. The smallest absolute Gasteiger partial charge is 0.332 e. The number of fused-ring (bicyclic) bond motifs is 1. The number of H-pyrrole nitrogens is 1. The molecule has 186 valence electrons. The van der Waals surface area contributed by atoms with Crippen molar-refractivity contribution in [2.75, 3.05) is 18.1 Å². The third-order valence-corrected chi connectivity index (χ3v) is 9.62. The highest BCUT2D eigenvalue weighted by Gasteiger charge is 2.55. The molecule has 2 aromatic heterocycles. The van der Waals surface area contributed by atoms with Gasteiger partial charge in [0, 0.05) is 25.9 Å². The summed E-state index contributed by atoms with van der Waals surface area (Å²) < 4.78 is 32.2. The van der Waals surface area contributed by atoms with Crippen LogP contribution in [0.3, 0.4) is 0 Å². The number of carbonyl (C=O) groups excluding carboxylic acids is 1. The number of imidazole rings is 1. The molecule has 4 fully saturated rings. The molecule has 2 aromatic rings. The first-order valence-corrected chi connectivity index (χ1v) is 14.1. The van der Waals surface area contributed by atoms with Gasteiger partial charge in [0.2, 0.25) is 0 Å². The molecular formula is C23H32N4O6S. The van der Waals surface area contributed by atoms with Gasteiger partial charge in [-0.3, -0.25) is 18.7 Å². The van der Waals surface area contributed by atoms with Gasteiger partial charge in [-0.15, -0.1) is 0 Å². The molecule has 0 aromatic carbocycles. The summed E-state index contributed by atoms with van der Waals surface area (Å²) in [6, 6.07) is 0. The standard InChI is InChI=1S/C23H32N4O6S/c1-3-4-27-22(29)19-21(26(23(27)30)5-7-34(31,32)8-6-33-13(2)28)25-20(24-19)18-16-10-14-9-15(12-16)17(18)11-14/h14-18H,3-12H2,1-2H3,(H,24,25). The molecule has 5 atom stereocenters. The first-order valence-electron chi connectivity index (χ1n) is 12.3. The fraction of sp³-hybridized carbons (Fsp3) is 0.739. The Morgan fingerprint density at radius 2 is 1.85 bits per heavy atom. The van der Waals surface area contributed by atoms with E-state index in [-0.39, 0.29) is 48.3 Å². The molecule has 1 N–H and O–H groups in total. The third kappa shape index (κ3) is 4.01. The Morgan fingerprint density at radius 1 is 1.09 bits per heavy atom. The van der Waals surface area contributed by atoms with E-state index >= 15 is 0 Å². The van der Waals surface area contributed by atoms with Crippen molar-refractivity contribution in [3.05, 3.63) is 26.7 Å². The number of esters is 1. The summed E-state index contributed by atoms with van der Waals surface area (Å²) >= 11 is 0. The molecule has 34 heavy (non-hydrogen) atoms. The van der Waals surface area contributed by atoms with E-state index < -0.39 is 27.1 Å². The number of aryl methyl sites for hydroxylation is 1. The second-order valence-corrected chi connectivity index (χ2v) is 12.5. The van der Waals surface area contributed by atoms with Crippen LogP contribution in [0.5, 0.6) is 0 Å². The molecule has 10 nitrogen and oxygen atoms in total. The zero-order valence-electron chi connectivity index (χ0n) is 19.7. The van der Waals surface area contributed by atoms with Crippen LogP contribution in [0.2, 0.25) is 0 Å². The Morgan fingerprint density at radius 3 is 2.56 bits per heavy atom. The van der Waals surface area contributed by atoms with Crippen molar-refractivity contribution in [1.82, 2.24) is 19.1 Å². The first-order chi connectivity index (χ1) is 16.2. The lowest BCUT2D eigenvalue weighted by molar-refractivity contribution is -0.140. The van der Waals surface area contributed by atoms with Gasteiger partial charge in [-0.05, 0) is 55.8 Å². The Hall–Kier alpha value is -2.43. The average molecular weight is 493 g/mol. The number of carbonyl (C=O) groups is 1. The van der Waals surface area contributed by atoms with Crippen molar-refractivity contribution >= 4 is 27.0 Å². The molecule has 0 spiro atoms. The van der Waals surface area contributed by atoms with E-state index in [4.69, 9.17) is 9.72 Å². The van der Waals surface area contributed by atoms with Crippen LogP contribution in [0.15, 0.2) is 9.59 Å². The maximum absolute atomic E-state index is 13.2. The van der Waals surface area contributed by atoms with E-state index in [9.17, 15) is 22.8 Å². The summed E-state index contributed by atoms with van der Waals surface area (Å²) in [5.41, 5.74) is -0.425. The van der Waals surface area contributed by atoms with Gasteiger partial charge >= 0.3 is 11.7 Å². The molecule has 0 radical (unpaired) electrons. The molecule has 5 unspecified atom stereocenters. The molecule has 0 amide bonds. The van der Waals surface area contributed by atoms with Crippen LogP contribution in [0.4, 0.5) is 0 Å². The Bertz CT molecular complexity index is 1340. The van der Waals surface area contributed by atoms with Crippen LogP contribution in [-0.2, 0) is 32.5 Å². The molecule has 4 saturated carbocycles. The Balaban J connectivity index is 1.50. The van der Waals surface area contributed by atoms with Crippen molar-refractivity contribution in [3.8, 4) is 0 Å². The summed E-state index contributed by atoms with van der Waals surface area (Å²) in [7, 11) is -3.58. The number of hydrogen-bond donors (Lipinski definition) is 1. The van der Waals surface area contributed by atoms with Crippen molar-refractivity contribution < 1.29 is 17.9 Å². The molecule has 0 saturated heterocycles. The predicted octanol–water partition coefficient (Wildman–Crippen LogP) is 1.42. The molecule has 4 aliphatic carbocycles. The zero-order chi connectivity index (χ0) is 24.2. The summed E-state index contributed by atoms with van der Waals surface area (Å²) in [5.74, 6) is 2.53. The van der Waals surface area contributed by atoms with Crippen molar-refractivity contribution in [3.63, 3.8) is 0 Å². The number of aromatic amines is 1. The van der Waals surface area contributed by atoms with E-state index in [1.165, 1.54) is 41.7 Å². The summed E-state index contributed by atoms with van der Waals surface area (Å²) in [5, 5.41) is 0. The number of ether oxygens (including phenoxy) is 1. The van der Waals surface area contributed by atoms with Crippen LogP contribution in [-0.4, -0.2) is 51.6 Å². The number of rotatable bonds is 9. The van der Waals surface area contributed by atoms with E-state index in [0.717, 1.165) is 17.7 Å². The van der Waals surface area contributed by atoms with Gasteiger partial charge in [-0.1, -0.05) is 6.92 Å². The van der Waals surface area contributed by atoms with Crippen LogP contribution in [0.25, 0.3) is 11.2 Å². The van der Waals surface area contributed by atoms with Crippen LogP contribution >= 0.6 is 0 Å². The van der Waals surface area contributed by atoms with E-state index in [1.807, 2.05) is 6.92 Å². The van der Waals surface area contributed by atoms with E-state index in [1.54, 1.807) is 0 Å². The van der Waals surface area contributed by atoms with Gasteiger partial charge < -0.3 is 9.72 Å². The first kappa shape index (κ1) is 23.3. The van der Waals surface area contributed by atoms with Gasteiger partial charge in [-0.2, -0.15) is 0 Å². The van der Waals surface area contributed by atoms with Gasteiger partial charge in [0.05, 0.1) is 11.5 Å². The largest absolute Gasteiger partial charge is 0.465 e. The van der Waals surface area contributed by atoms with E-state index in [2.05, 4.69) is 4.98 Å². The molecule has 4 bridgehead atoms. The number of nitrogens with one attached hydrogen (secondary N) is 1. The summed E-state index contributed by atoms with van der Waals surface area (Å²) in [4.78, 5) is 45.3.